The molecule has 0 aliphatic rings. The van der Waals surface area contributed by atoms with Gasteiger partial charge in [-0.15, -0.1) is 0 Å². The van der Waals surface area contributed by atoms with E-state index in [1.54, 1.807) is 6.20 Å². The van der Waals surface area contributed by atoms with Crippen molar-refractivity contribution in [1.82, 2.24) is 10.3 Å². The molecule has 0 amide bonds. The lowest BCUT2D eigenvalue weighted by atomic mass is 10.1. The molecule has 0 radical (unpaired) electrons. The molecule has 0 spiro atoms. The number of hydrogen-bond acceptors (Lipinski definition) is 3. The Morgan fingerprint density at radius 2 is 1.75 bits per heavy atom. The minimum absolute atomic E-state index is 0.792. The van der Waals surface area contributed by atoms with Gasteiger partial charge in [0.25, 0.3) is 0 Å². The van der Waals surface area contributed by atoms with Crippen LogP contribution < -0.4 is 10.6 Å². The fraction of sp³-hybridized carbons (Fsp3) is 0.150. The highest BCUT2D eigenvalue weighted by Crippen LogP contribution is 2.15. The van der Waals surface area contributed by atoms with Crippen LogP contribution in [0.15, 0.2) is 72.9 Å². The molecule has 0 saturated carbocycles. The zero-order valence-electron chi connectivity index (χ0n) is 13.4. The normalized spacial score (nSPS) is 10.5. The Hall–Kier alpha value is -2.36. The predicted molar refractivity (Wildman–Crippen MR) is 101 cm³/mol. The van der Waals surface area contributed by atoms with Crippen molar-refractivity contribution in [2.24, 2.45) is 0 Å². The summed E-state index contributed by atoms with van der Waals surface area (Å²) in [6.07, 6.45) is 2.75. The Morgan fingerprint density at radius 1 is 0.875 bits per heavy atom. The Labute approximate surface area is 147 Å². The number of rotatable bonds is 7. The van der Waals surface area contributed by atoms with Crippen LogP contribution in [0.25, 0.3) is 0 Å². The molecule has 2 N–H and O–H groups in total. The number of hydrogen-bond donors (Lipinski definition) is 2. The molecule has 122 valence electrons. The van der Waals surface area contributed by atoms with E-state index in [4.69, 9.17) is 11.6 Å². The van der Waals surface area contributed by atoms with Crippen LogP contribution >= 0.6 is 11.6 Å². The van der Waals surface area contributed by atoms with Gasteiger partial charge in [-0.25, -0.2) is 4.98 Å². The summed E-state index contributed by atoms with van der Waals surface area (Å²) in [6, 6.07) is 22.2. The molecule has 3 aromatic rings. The Balaban J connectivity index is 1.49. The standard InChI is InChI=1S/C20H20ClN3/c21-18-7-3-5-16(13-18)10-12-22-15-17-6-4-8-19(14-17)24-20-9-1-2-11-23-20/h1-9,11,13-14,22H,10,12,15H2,(H,23,24). The maximum absolute atomic E-state index is 6.00. The molecule has 4 heteroatoms. The third kappa shape index (κ3) is 5.08. The van der Waals surface area contributed by atoms with Crippen LogP contribution in [-0.4, -0.2) is 11.5 Å². The van der Waals surface area contributed by atoms with Crippen LogP contribution in [0.5, 0.6) is 0 Å². The van der Waals surface area contributed by atoms with Gasteiger partial charge in [0.15, 0.2) is 0 Å². The Bertz CT molecular complexity index is 775. The molecular formula is C20H20ClN3. The maximum atomic E-state index is 6.00. The zero-order chi connectivity index (χ0) is 16.6. The van der Waals surface area contributed by atoms with E-state index < -0.39 is 0 Å². The van der Waals surface area contributed by atoms with Gasteiger partial charge in [0.1, 0.15) is 5.82 Å². The molecular weight excluding hydrogens is 318 g/mol. The van der Waals surface area contributed by atoms with E-state index in [9.17, 15) is 0 Å². The molecule has 1 aromatic heterocycles. The van der Waals surface area contributed by atoms with Crippen molar-refractivity contribution in [2.75, 3.05) is 11.9 Å². The minimum Gasteiger partial charge on any atom is -0.340 e. The second-order valence-corrected chi connectivity index (χ2v) is 6.03. The number of aromatic nitrogens is 1. The molecule has 0 bridgehead atoms. The number of benzene rings is 2. The average molecular weight is 338 g/mol. The summed E-state index contributed by atoms with van der Waals surface area (Å²) in [6.45, 7) is 1.75. The van der Waals surface area contributed by atoms with Crippen LogP contribution in [-0.2, 0) is 13.0 Å². The molecule has 2 aromatic carbocycles. The van der Waals surface area contributed by atoms with Gasteiger partial charge in [-0.3, -0.25) is 0 Å². The van der Waals surface area contributed by atoms with Crippen LogP contribution in [0.2, 0.25) is 5.02 Å². The highest BCUT2D eigenvalue weighted by Gasteiger charge is 1.99. The number of nitrogens with zero attached hydrogens (tertiary/aromatic N) is 1. The first-order chi connectivity index (χ1) is 11.8. The maximum Gasteiger partial charge on any atom is 0.130 e. The highest BCUT2D eigenvalue weighted by atomic mass is 35.5. The van der Waals surface area contributed by atoms with E-state index in [0.29, 0.717) is 0 Å². The van der Waals surface area contributed by atoms with Gasteiger partial charge in [-0.05, 0) is 60.5 Å². The van der Waals surface area contributed by atoms with Crippen molar-refractivity contribution in [3.8, 4) is 0 Å². The van der Waals surface area contributed by atoms with Crippen molar-refractivity contribution < 1.29 is 0 Å². The van der Waals surface area contributed by atoms with E-state index in [2.05, 4.69) is 39.9 Å². The molecule has 0 saturated heterocycles. The van der Waals surface area contributed by atoms with Gasteiger partial charge >= 0.3 is 0 Å². The SMILES string of the molecule is Clc1cccc(CCNCc2cccc(Nc3ccccn3)c2)c1. The Kier molecular flexibility index (Phi) is 5.83. The van der Waals surface area contributed by atoms with Gasteiger partial charge in [0, 0.05) is 23.5 Å². The summed E-state index contributed by atoms with van der Waals surface area (Å²) in [5.41, 5.74) is 3.53. The fourth-order valence-corrected chi connectivity index (χ4v) is 2.71. The molecule has 0 fully saturated rings. The third-order valence-corrected chi connectivity index (χ3v) is 3.91. The molecule has 3 nitrogen and oxygen atoms in total. The summed E-state index contributed by atoms with van der Waals surface area (Å²) in [4.78, 5) is 4.28. The molecule has 24 heavy (non-hydrogen) atoms. The summed E-state index contributed by atoms with van der Waals surface area (Å²) >= 11 is 6.00. The highest BCUT2D eigenvalue weighted by molar-refractivity contribution is 6.30. The summed E-state index contributed by atoms with van der Waals surface area (Å²) < 4.78 is 0. The second-order valence-electron chi connectivity index (χ2n) is 5.60. The second kappa shape index (κ2) is 8.48. The van der Waals surface area contributed by atoms with Gasteiger partial charge in [-0.1, -0.05) is 41.9 Å². The fourth-order valence-electron chi connectivity index (χ4n) is 2.50. The van der Waals surface area contributed by atoms with E-state index >= 15 is 0 Å². The topological polar surface area (TPSA) is 37.0 Å². The van der Waals surface area contributed by atoms with Crippen molar-refractivity contribution in [3.05, 3.63) is 89.1 Å². The monoisotopic (exact) mass is 337 g/mol. The lowest BCUT2D eigenvalue weighted by Gasteiger charge is -2.09. The summed E-state index contributed by atoms with van der Waals surface area (Å²) in [5.74, 6) is 0.851. The van der Waals surface area contributed by atoms with Crippen molar-refractivity contribution in [3.63, 3.8) is 0 Å². The smallest absolute Gasteiger partial charge is 0.130 e. The number of anilines is 2. The van der Waals surface area contributed by atoms with Gasteiger partial charge in [-0.2, -0.15) is 0 Å². The zero-order valence-corrected chi connectivity index (χ0v) is 14.1. The number of halogens is 1. The number of nitrogens with one attached hydrogen (secondary N) is 2. The molecule has 0 aliphatic carbocycles. The van der Waals surface area contributed by atoms with Crippen LogP contribution in [0.4, 0.5) is 11.5 Å². The third-order valence-electron chi connectivity index (χ3n) is 3.67. The van der Waals surface area contributed by atoms with E-state index in [-0.39, 0.29) is 0 Å². The molecule has 0 aliphatic heterocycles. The van der Waals surface area contributed by atoms with Gasteiger partial charge in [0.2, 0.25) is 0 Å². The van der Waals surface area contributed by atoms with Crippen molar-refractivity contribution in [2.45, 2.75) is 13.0 Å². The van der Waals surface area contributed by atoms with E-state index in [0.717, 1.165) is 36.0 Å². The molecule has 1 heterocycles. The van der Waals surface area contributed by atoms with Crippen LogP contribution in [0, 0.1) is 0 Å². The molecule has 0 unspecified atom stereocenters. The van der Waals surface area contributed by atoms with E-state index in [1.165, 1.54) is 11.1 Å². The van der Waals surface area contributed by atoms with Gasteiger partial charge < -0.3 is 10.6 Å². The predicted octanol–water partition coefficient (Wildman–Crippen LogP) is 4.81. The molecule has 3 rings (SSSR count). The summed E-state index contributed by atoms with van der Waals surface area (Å²) in [7, 11) is 0. The van der Waals surface area contributed by atoms with Crippen LogP contribution in [0.1, 0.15) is 11.1 Å². The lowest BCUT2D eigenvalue weighted by molar-refractivity contribution is 0.687. The van der Waals surface area contributed by atoms with Crippen molar-refractivity contribution >= 4 is 23.1 Å². The van der Waals surface area contributed by atoms with E-state index in [1.807, 2.05) is 42.5 Å². The number of pyridine rings is 1. The first kappa shape index (κ1) is 16.5. The first-order valence-electron chi connectivity index (χ1n) is 8.02. The average Bonchev–Trinajstić information content (AvgIpc) is 2.60. The Morgan fingerprint density at radius 3 is 2.58 bits per heavy atom. The molecule has 0 atom stereocenters. The van der Waals surface area contributed by atoms with Crippen molar-refractivity contribution in [1.29, 1.82) is 0 Å². The van der Waals surface area contributed by atoms with Gasteiger partial charge in [0.05, 0.1) is 0 Å². The quantitative estimate of drug-likeness (QED) is 0.607. The van der Waals surface area contributed by atoms with Crippen LogP contribution in [0.3, 0.4) is 0 Å². The first-order valence-corrected chi connectivity index (χ1v) is 8.39. The largest absolute Gasteiger partial charge is 0.340 e. The lowest BCUT2D eigenvalue weighted by Crippen LogP contribution is -2.16. The minimum atomic E-state index is 0.792. The summed E-state index contributed by atoms with van der Waals surface area (Å²) in [5, 5.41) is 7.58.